The quantitative estimate of drug-likeness (QED) is 0.855. The monoisotopic (exact) mass is 399 g/mol. The van der Waals surface area contributed by atoms with Crippen LogP contribution in [0.3, 0.4) is 0 Å². The van der Waals surface area contributed by atoms with Crippen LogP contribution < -0.4 is 4.90 Å². The predicted molar refractivity (Wildman–Crippen MR) is 107 cm³/mol. The average molecular weight is 399 g/mol. The van der Waals surface area contributed by atoms with Crippen molar-refractivity contribution in [2.45, 2.75) is 11.3 Å². The van der Waals surface area contributed by atoms with Crippen LogP contribution >= 0.6 is 0 Å². The van der Waals surface area contributed by atoms with Gasteiger partial charge in [-0.2, -0.15) is 0 Å². The maximum atomic E-state index is 12.5. The largest absolute Gasteiger partial charge is 0.478 e. The van der Waals surface area contributed by atoms with Crippen molar-refractivity contribution in [1.82, 2.24) is 0 Å². The number of morpholine rings is 1. The third-order valence-electron chi connectivity index (χ3n) is 5.17. The molecule has 7 heteroatoms. The van der Waals surface area contributed by atoms with Gasteiger partial charge in [0.05, 0.1) is 23.9 Å². The Balaban J connectivity index is 1.70. The highest BCUT2D eigenvalue weighted by Gasteiger charge is 2.24. The summed E-state index contributed by atoms with van der Waals surface area (Å²) in [6.07, 6.45) is 1.49. The number of ether oxygens (including phenoxy) is 1. The van der Waals surface area contributed by atoms with E-state index in [0.29, 0.717) is 5.56 Å². The molecule has 2 heterocycles. The Morgan fingerprint density at radius 3 is 2.36 bits per heavy atom. The Labute approximate surface area is 164 Å². The number of fused-ring (bicyclic) bond motifs is 1. The maximum absolute atomic E-state index is 12.5. The number of hydrogen-bond acceptors (Lipinski definition) is 5. The molecular formula is C21H21NO5S. The lowest BCUT2D eigenvalue weighted by Crippen LogP contribution is -2.36. The molecule has 28 heavy (non-hydrogen) atoms. The van der Waals surface area contributed by atoms with E-state index in [1.165, 1.54) is 6.08 Å². The van der Waals surface area contributed by atoms with Crippen LogP contribution in [0, 0.1) is 0 Å². The summed E-state index contributed by atoms with van der Waals surface area (Å²) in [5.74, 6) is -1.27. The molecule has 2 aliphatic heterocycles. The second-order valence-electron chi connectivity index (χ2n) is 6.94. The Bertz CT molecular complexity index is 1030. The van der Waals surface area contributed by atoms with Crippen molar-refractivity contribution < 1.29 is 23.1 Å². The molecule has 0 amide bonds. The molecule has 2 aromatic rings. The first-order valence-electron chi connectivity index (χ1n) is 9.18. The topological polar surface area (TPSA) is 83.9 Å². The van der Waals surface area contributed by atoms with Crippen LogP contribution in [-0.2, 0) is 19.4 Å². The molecule has 146 valence electrons. The van der Waals surface area contributed by atoms with Crippen molar-refractivity contribution >= 4 is 27.6 Å². The second kappa shape index (κ2) is 7.41. The number of benzene rings is 2. The molecular weight excluding hydrogens is 378 g/mol. The molecule has 0 unspecified atom stereocenters. The van der Waals surface area contributed by atoms with Gasteiger partial charge in [-0.1, -0.05) is 18.2 Å². The summed E-state index contributed by atoms with van der Waals surface area (Å²) in [5, 5.41) is 9.32. The van der Waals surface area contributed by atoms with Crippen LogP contribution in [0.4, 0.5) is 5.69 Å². The summed E-state index contributed by atoms with van der Waals surface area (Å²) < 4.78 is 30.4. The third kappa shape index (κ3) is 3.68. The number of carboxylic acids is 1. The molecule has 1 N–H and O–H groups in total. The Hall–Kier alpha value is -2.64. The summed E-state index contributed by atoms with van der Waals surface area (Å²) in [4.78, 5) is 13.8. The molecule has 0 saturated carbocycles. The molecule has 4 rings (SSSR count). The lowest BCUT2D eigenvalue weighted by atomic mass is 10.0. The lowest BCUT2D eigenvalue weighted by molar-refractivity contribution is -0.132. The highest BCUT2D eigenvalue weighted by atomic mass is 32.2. The zero-order chi connectivity index (χ0) is 19.7. The van der Waals surface area contributed by atoms with Gasteiger partial charge in [0, 0.05) is 24.4 Å². The van der Waals surface area contributed by atoms with Gasteiger partial charge in [0.15, 0.2) is 9.84 Å². The molecule has 2 aliphatic rings. The molecule has 0 atom stereocenters. The molecule has 2 aromatic carbocycles. The first kappa shape index (κ1) is 18.7. The zero-order valence-electron chi connectivity index (χ0n) is 15.3. The van der Waals surface area contributed by atoms with Crippen LogP contribution in [0.25, 0.3) is 17.2 Å². The second-order valence-corrected chi connectivity index (χ2v) is 9.02. The number of rotatable bonds is 3. The number of carbonyl (C=O) groups is 1. The molecule has 1 saturated heterocycles. The van der Waals surface area contributed by atoms with E-state index in [1.807, 2.05) is 24.3 Å². The fourth-order valence-corrected chi connectivity index (χ4v) is 5.05. The highest BCUT2D eigenvalue weighted by molar-refractivity contribution is 7.91. The van der Waals surface area contributed by atoms with Crippen molar-refractivity contribution in [3.8, 4) is 11.1 Å². The van der Waals surface area contributed by atoms with Gasteiger partial charge in [0.1, 0.15) is 0 Å². The lowest BCUT2D eigenvalue weighted by Gasteiger charge is -2.28. The van der Waals surface area contributed by atoms with E-state index in [9.17, 15) is 18.3 Å². The average Bonchev–Trinajstić information content (AvgIpc) is 2.84. The summed E-state index contributed by atoms with van der Waals surface area (Å²) in [7, 11) is -3.50. The van der Waals surface area contributed by atoms with Gasteiger partial charge in [0.25, 0.3) is 0 Å². The van der Waals surface area contributed by atoms with Gasteiger partial charge >= 0.3 is 5.97 Å². The number of anilines is 1. The highest BCUT2D eigenvalue weighted by Crippen LogP contribution is 2.31. The van der Waals surface area contributed by atoms with E-state index in [2.05, 4.69) is 4.90 Å². The van der Waals surface area contributed by atoms with Crippen LogP contribution in [0.2, 0.25) is 0 Å². The Kier molecular flexibility index (Phi) is 4.95. The van der Waals surface area contributed by atoms with E-state index < -0.39 is 15.8 Å². The molecule has 1 fully saturated rings. The van der Waals surface area contributed by atoms with Crippen molar-refractivity contribution in [2.24, 2.45) is 0 Å². The van der Waals surface area contributed by atoms with Gasteiger partial charge in [-0.05, 0) is 53.5 Å². The minimum absolute atomic E-state index is 0.00985. The van der Waals surface area contributed by atoms with Crippen molar-refractivity contribution in [3.63, 3.8) is 0 Å². The van der Waals surface area contributed by atoms with Gasteiger partial charge in [-0.15, -0.1) is 0 Å². The van der Waals surface area contributed by atoms with Crippen molar-refractivity contribution in [1.29, 1.82) is 0 Å². The van der Waals surface area contributed by atoms with Crippen molar-refractivity contribution in [3.05, 3.63) is 53.6 Å². The van der Waals surface area contributed by atoms with Gasteiger partial charge in [-0.3, -0.25) is 0 Å². The van der Waals surface area contributed by atoms with Crippen LogP contribution in [0.15, 0.2) is 52.9 Å². The SMILES string of the molecule is O=C(O)C1=Cc2cc(-c3ccc(N4CCOCC4)cc3)ccc2S(=O)(=O)CC1. The molecule has 0 aromatic heterocycles. The third-order valence-corrected chi connectivity index (χ3v) is 6.95. The van der Waals surface area contributed by atoms with Gasteiger partial charge < -0.3 is 14.7 Å². The number of sulfone groups is 1. The smallest absolute Gasteiger partial charge is 0.331 e. The standard InChI is InChI=1S/C21H21NO5S/c23-21(24)17-7-12-28(25,26)20-6-3-16(13-18(20)14-17)15-1-4-19(5-2-15)22-8-10-27-11-9-22/h1-6,13-14H,7-12H2,(H,23,24). The Morgan fingerprint density at radius 2 is 1.68 bits per heavy atom. The van der Waals surface area contributed by atoms with Crippen molar-refractivity contribution in [2.75, 3.05) is 37.0 Å². The molecule has 0 bridgehead atoms. The van der Waals surface area contributed by atoms with E-state index in [1.54, 1.807) is 18.2 Å². The minimum Gasteiger partial charge on any atom is -0.478 e. The summed E-state index contributed by atoms with van der Waals surface area (Å²) in [6.45, 7) is 3.16. The zero-order valence-corrected chi connectivity index (χ0v) is 16.1. The van der Waals surface area contributed by atoms with E-state index >= 15 is 0 Å². The van der Waals surface area contributed by atoms with E-state index in [-0.39, 0.29) is 22.6 Å². The summed E-state index contributed by atoms with van der Waals surface area (Å²) in [5.41, 5.74) is 3.47. The first-order valence-corrected chi connectivity index (χ1v) is 10.8. The first-order chi connectivity index (χ1) is 13.4. The summed E-state index contributed by atoms with van der Waals surface area (Å²) in [6, 6.07) is 13.2. The van der Waals surface area contributed by atoms with Crippen LogP contribution in [-0.4, -0.2) is 51.5 Å². The molecule has 0 spiro atoms. The number of hydrogen-bond donors (Lipinski definition) is 1. The number of nitrogens with zero attached hydrogens (tertiary/aromatic N) is 1. The van der Waals surface area contributed by atoms with Crippen LogP contribution in [0.1, 0.15) is 12.0 Å². The Morgan fingerprint density at radius 1 is 1.00 bits per heavy atom. The summed E-state index contributed by atoms with van der Waals surface area (Å²) >= 11 is 0. The van der Waals surface area contributed by atoms with Crippen LogP contribution in [0.5, 0.6) is 0 Å². The maximum Gasteiger partial charge on any atom is 0.331 e. The van der Waals surface area contributed by atoms with E-state index in [0.717, 1.165) is 43.1 Å². The fraction of sp³-hybridized carbons (Fsp3) is 0.286. The minimum atomic E-state index is -3.50. The molecule has 0 aliphatic carbocycles. The number of carboxylic acid groups (broad SMARTS) is 1. The molecule has 0 radical (unpaired) electrons. The van der Waals surface area contributed by atoms with Gasteiger partial charge in [-0.25, -0.2) is 13.2 Å². The molecule has 6 nitrogen and oxygen atoms in total. The normalized spacial score (nSPS) is 18.7. The predicted octanol–water partition coefficient (Wildman–Crippen LogP) is 2.84. The number of aliphatic carboxylic acids is 1. The van der Waals surface area contributed by atoms with Gasteiger partial charge in [0.2, 0.25) is 0 Å². The van der Waals surface area contributed by atoms with E-state index in [4.69, 9.17) is 4.74 Å². The fourth-order valence-electron chi connectivity index (χ4n) is 3.59.